The fourth-order valence-corrected chi connectivity index (χ4v) is 2.90. The van der Waals surface area contributed by atoms with Gasteiger partial charge in [0.2, 0.25) is 5.95 Å². The normalized spacial score (nSPS) is 17.0. The van der Waals surface area contributed by atoms with Gasteiger partial charge in [-0.3, -0.25) is 0 Å². The van der Waals surface area contributed by atoms with Crippen LogP contribution in [0.3, 0.4) is 0 Å². The van der Waals surface area contributed by atoms with Crippen molar-refractivity contribution in [1.29, 1.82) is 0 Å². The Bertz CT molecular complexity index is 785. The van der Waals surface area contributed by atoms with Gasteiger partial charge in [-0.15, -0.1) is 0 Å². The highest BCUT2D eigenvalue weighted by Crippen LogP contribution is 2.40. The van der Waals surface area contributed by atoms with Gasteiger partial charge in [0.1, 0.15) is 12.4 Å². The Morgan fingerprint density at radius 2 is 2.18 bits per heavy atom. The van der Waals surface area contributed by atoms with Gasteiger partial charge in [0.15, 0.2) is 0 Å². The maximum Gasteiger partial charge on any atom is 0.338 e. The molecular weight excluding hydrogens is 327 g/mol. The third-order valence-corrected chi connectivity index (χ3v) is 4.31. The van der Waals surface area contributed by atoms with E-state index >= 15 is 0 Å². The fourth-order valence-electron chi connectivity index (χ4n) is 2.48. The fraction of sp³-hybridized carbons (Fsp3) is 0.214. The maximum absolute atomic E-state index is 12.2. The van der Waals surface area contributed by atoms with Gasteiger partial charge in [-0.05, 0) is 13.0 Å². The number of methoxy groups -OCH3 is 1. The molecule has 2 heterocycles. The second-order valence-electron chi connectivity index (χ2n) is 4.73. The van der Waals surface area contributed by atoms with Gasteiger partial charge >= 0.3 is 5.97 Å². The smallest absolute Gasteiger partial charge is 0.338 e. The van der Waals surface area contributed by atoms with Crippen molar-refractivity contribution in [1.82, 2.24) is 14.8 Å². The zero-order chi connectivity index (χ0) is 15.9. The Morgan fingerprint density at radius 1 is 1.41 bits per heavy atom. The van der Waals surface area contributed by atoms with Crippen LogP contribution in [-0.4, -0.2) is 27.8 Å². The summed E-state index contributed by atoms with van der Waals surface area (Å²) in [7, 11) is 1.33. The predicted molar refractivity (Wildman–Crippen MR) is 83.0 cm³/mol. The van der Waals surface area contributed by atoms with Crippen LogP contribution >= 0.6 is 23.2 Å². The first-order valence-corrected chi connectivity index (χ1v) is 7.19. The van der Waals surface area contributed by atoms with E-state index in [1.54, 1.807) is 29.8 Å². The van der Waals surface area contributed by atoms with E-state index in [1.165, 1.54) is 13.4 Å². The van der Waals surface area contributed by atoms with Crippen LogP contribution in [0.5, 0.6) is 0 Å². The quantitative estimate of drug-likeness (QED) is 0.852. The molecule has 114 valence electrons. The molecular formula is C14H12Cl2N4O2. The SMILES string of the molecule is COC(=O)C1=C(C)Nc2ncnn2[C@H]1c1cccc(Cl)c1Cl. The monoisotopic (exact) mass is 338 g/mol. The van der Waals surface area contributed by atoms with Crippen LogP contribution in [0.4, 0.5) is 5.95 Å². The summed E-state index contributed by atoms with van der Waals surface area (Å²) in [4.78, 5) is 16.4. The van der Waals surface area contributed by atoms with Crippen LogP contribution in [0.2, 0.25) is 10.0 Å². The molecule has 1 atom stereocenters. The Morgan fingerprint density at radius 3 is 2.91 bits per heavy atom. The number of allylic oxidation sites excluding steroid dienone is 1. The van der Waals surface area contributed by atoms with E-state index in [0.717, 1.165) is 0 Å². The highest BCUT2D eigenvalue weighted by molar-refractivity contribution is 6.42. The van der Waals surface area contributed by atoms with Crippen molar-refractivity contribution < 1.29 is 9.53 Å². The molecule has 6 nitrogen and oxygen atoms in total. The zero-order valence-electron chi connectivity index (χ0n) is 11.8. The third-order valence-electron chi connectivity index (χ3n) is 3.48. The van der Waals surface area contributed by atoms with Crippen molar-refractivity contribution in [2.24, 2.45) is 0 Å². The number of carbonyl (C=O) groups is 1. The number of nitrogens with zero attached hydrogens (tertiary/aromatic N) is 3. The second-order valence-corrected chi connectivity index (χ2v) is 5.51. The van der Waals surface area contributed by atoms with Gasteiger partial charge < -0.3 is 10.1 Å². The van der Waals surface area contributed by atoms with Crippen molar-refractivity contribution in [3.63, 3.8) is 0 Å². The molecule has 0 aliphatic carbocycles. The molecule has 0 unspecified atom stereocenters. The number of ether oxygens (including phenoxy) is 1. The summed E-state index contributed by atoms with van der Waals surface area (Å²) in [6, 6.07) is 4.70. The van der Waals surface area contributed by atoms with Gasteiger partial charge in [-0.2, -0.15) is 10.1 Å². The van der Waals surface area contributed by atoms with Gasteiger partial charge in [0.25, 0.3) is 0 Å². The van der Waals surface area contributed by atoms with Crippen molar-refractivity contribution >= 4 is 35.1 Å². The van der Waals surface area contributed by atoms with E-state index in [-0.39, 0.29) is 0 Å². The lowest BCUT2D eigenvalue weighted by Crippen LogP contribution is -2.29. The average molecular weight is 339 g/mol. The van der Waals surface area contributed by atoms with Crippen LogP contribution in [0.25, 0.3) is 0 Å². The number of hydrogen-bond donors (Lipinski definition) is 1. The van der Waals surface area contributed by atoms with Crippen LogP contribution < -0.4 is 5.32 Å². The molecule has 0 saturated carbocycles. The standard InChI is InChI=1S/C14H12Cl2N4O2/c1-7-10(13(21)22-2)12(20-14(19-7)17-6-18-20)8-4-3-5-9(15)11(8)16/h3-6,12H,1-2H3,(H,17,18,19)/t12-/m0/s1. The molecule has 8 heteroatoms. The first kappa shape index (κ1) is 14.9. The molecule has 1 aromatic heterocycles. The number of halogens is 2. The van der Waals surface area contributed by atoms with Crippen LogP contribution in [0.1, 0.15) is 18.5 Å². The Hall–Kier alpha value is -2.05. The van der Waals surface area contributed by atoms with E-state index in [2.05, 4.69) is 15.4 Å². The lowest BCUT2D eigenvalue weighted by molar-refractivity contribution is -0.136. The minimum atomic E-state index is -0.558. The minimum absolute atomic E-state index is 0.367. The Labute approximate surface area is 136 Å². The summed E-state index contributed by atoms with van der Waals surface area (Å²) in [5.74, 6) is 0.0541. The topological polar surface area (TPSA) is 69.0 Å². The third kappa shape index (κ3) is 2.24. The number of esters is 1. The maximum atomic E-state index is 12.2. The number of nitrogens with one attached hydrogen (secondary N) is 1. The predicted octanol–water partition coefficient (Wildman–Crippen LogP) is 3.05. The van der Waals surface area contributed by atoms with Crippen molar-refractivity contribution in [3.05, 3.63) is 51.4 Å². The molecule has 0 amide bonds. The van der Waals surface area contributed by atoms with Gasteiger partial charge in [-0.1, -0.05) is 35.3 Å². The molecule has 0 spiro atoms. The molecule has 0 fully saturated rings. The molecule has 3 rings (SSSR count). The number of rotatable bonds is 2. The van der Waals surface area contributed by atoms with Crippen molar-refractivity contribution in [3.8, 4) is 0 Å². The zero-order valence-corrected chi connectivity index (χ0v) is 13.3. The molecule has 1 aliphatic rings. The van der Waals surface area contributed by atoms with Crippen LogP contribution in [-0.2, 0) is 9.53 Å². The van der Waals surface area contributed by atoms with E-state index < -0.39 is 12.0 Å². The van der Waals surface area contributed by atoms with E-state index in [9.17, 15) is 4.79 Å². The molecule has 2 aromatic rings. The number of aromatic nitrogens is 3. The number of anilines is 1. The van der Waals surface area contributed by atoms with Crippen LogP contribution in [0.15, 0.2) is 35.8 Å². The largest absolute Gasteiger partial charge is 0.466 e. The molecule has 0 bridgehead atoms. The van der Waals surface area contributed by atoms with E-state index in [0.29, 0.717) is 32.8 Å². The summed E-state index contributed by atoms with van der Waals surface area (Å²) in [6.45, 7) is 1.77. The van der Waals surface area contributed by atoms with Gasteiger partial charge in [0, 0.05) is 11.3 Å². The number of fused-ring (bicyclic) bond motifs is 1. The lowest BCUT2D eigenvalue weighted by atomic mass is 9.96. The Kier molecular flexibility index (Phi) is 3.80. The lowest BCUT2D eigenvalue weighted by Gasteiger charge is -2.28. The summed E-state index contributed by atoms with van der Waals surface area (Å²) in [5, 5.41) is 7.99. The van der Waals surface area contributed by atoms with Crippen molar-refractivity contribution in [2.75, 3.05) is 12.4 Å². The highest BCUT2D eigenvalue weighted by atomic mass is 35.5. The van der Waals surface area contributed by atoms with Crippen molar-refractivity contribution in [2.45, 2.75) is 13.0 Å². The minimum Gasteiger partial charge on any atom is -0.466 e. The number of benzene rings is 1. The molecule has 1 aromatic carbocycles. The average Bonchev–Trinajstić information content (AvgIpc) is 2.96. The molecule has 22 heavy (non-hydrogen) atoms. The summed E-state index contributed by atoms with van der Waals surface area (Å²) in [6.07, 6.45) is 1.40. The van der Waals surface area contributed by atoms with Gasteiger partial charge in [-0.25, -0.2) is 9.48 Å². The van der Waals surface area contributed by atoms with Gasteiger partial charge in [0.05, 0.1) is 22.7 Å². The summed E-state index contributed by atoms with van der Waals surface area (Å²) >= 11 is 12.4. The Balaban J connectivity index is 2.25. The molecule has 0 radical (unpaired) electrons. The van der Waals surface area contributed by atoms with E-state index in [4.69, 9.17) is 27.9 Å². The number of hydrogen-bond acceptors (Lipinski definition) is 5. The van der Waals surface area contributed by atoms with E-state index in [1.807, 2.05) is 0 Å². The van der Waals surface area contributed by atoms with Crippen LogP contribution in [0, 0.1) is 0 Å². The summed E-state index contributed by atoms with van der Waals surface area (Å²) in [5.41, 5.74) is 1.69. The molecule has 1 aliphatic heterocycles. The molecule has 1 N–H and O–H groups in total. The number of carbonyl (C=O) groups excluding carboxylic acids is 1. The second kappa shape index (κ2) is 5.62. The first-order chi connectivity index (χ1) is 10.5. The first-order valence-electron chi connectivity index (χ1n) is 6.44. The summed E-state index contributed by atoms with van der Waals surface area (Å²) < 4.78 is 6.48. The molecule has 0 saturated heterocycles. The highest BCUT2D eigenvalue weighted by Gasteiger charge is 2.35.